The highest BCUT2D eigenvalue weighted by Gasteiger charge is 2.56. The van der Waals surface area contributed by atoms with Crippen molar-refractivity contribution in [2.75, 3.05) is 13.2 Å². The quantitative estimate of drug-likeness (QED) is 0.822. The summed E-state index contributed by atoms with van der Waals surface area (Å²) in [6.45, 7) is 7.54. The largest absolute Gasteiger partial charge is 0.402 e. The van der Waals surface area contributed by atoms with Crippen LogP contribution in [-0.4, -0.2) is 45.1 Å². The molecule has 2 aliphatic heterocycles. The minimum Gasteiger partial charge on any atom is -0.402 e. The number of aliphatic hydroxyl groups excluding tert-OH is 1. The fraction of sp³-hybridized carbons (Fsp3) is 0.455. The van der Waals surface area contributed by atoms with E-state index in [2.05, 4.69) is 69.3 Å². The Labute approximate surface area is 162 Å². The van der Waals surface area contributed by atoms with Crippen LogP contribution in [0, 0.1) is 5.92 Å². The molecule has 144 valence electrons. The van der Waals surface area contributed by atoms with Gasteiger partial charge in [0.25, 0.3) is 8.32 Å². The zero-order chi connectivity index (χ0) is 19.1. The molecule has 4 nitrogen and oxygen atoms in total. The number of fused-ring (bicyclic) bond motifs is 1. The Bertz CT molecular complexity index is 719. The van der Waals surface area contributed by atoms with Gasteiger partial charge in [0, 0.05) is 0 Å². The second-order valence-electron chi connectivity index (χ2n) is 8.50. The van der Waals surface area contributed by atoms with E-state index < -0.39 is 14.4 Å². The predicted octanol–water partition coefficient (Wildman–Crippen LogP) is 2.30. The van der Waals surface area contributed by atoms with E-state index >= 15 is 0 Å². The van der Waals surface area contributed by atoms with Gasteiger partial charge in [-0.25, -0.2) is 0 Å². The van der Waals surface area contributed by atoms with Gasteiger partial charge in [-0.1, -0.05) is 81.4 Å². The van der Waals surface area contributed by atoms with Crippen LogP contribution in [0.2, 0.25) is 5.04 Å². The molecule has 0 aliphatic carbocycles. The summed E-state index contributed by atoms with van der Waals surface area (Å²) >= 11 is 0. The Morgan fingerprint density at radius 1 is 0.889 bits per heavy atom. The van der Waals surface area contributed by atoms with Crippen LogP contribution < -0.4 is 10.4 Å². The lowest BCUT2D eigenvalue weighted by molar-refractivity contribution is -0.0910. The van der Waals surface area contributed by atoms with Crippen LogP contribution in [0.25, 0.3) is 0 Å². The summed E-state index contributed by atoms with van der Waals surface area (Å²) in [5.74, 6) is -0.133. The average Bonchev–Trinajstić information content (AvgIpc) is 3.23. The Morgan fingerprint density at radius 3 is 1.93 bits per heavy atom. The van der Waals surface area contributed by atoms with Crippen molar-refractivity contribution < 1.29 is 19.0 Å². The normalized spacial score (nSPS) is 28.3. The molecule has 2 aromatic carbocycles. The monoisotopic (exact) mass is 384 g/mol. The molecule has 5 heteroatoms. The first-order chi connectivity index (χ1) is 12.9. The molecule has 2 heterocycles. The number of hydrogen-bond acceptors (Lipinski definition) is 4. The highest BCUT2D eigenvalue weighted by atomic mass is 28.4. The molecule has 0 spiro atoms. The first-order valence-corrected chi connectivity index (χ1v) is 11.5. The van der Waals surface area contributed by atoms with Crippen LogP contribution in [-0.2, 0) is 13.9 Å². The van der Waals surface area contributed by atoms with E-state index in [1.54, 1.807) is 0 Å². The van der Waals surface area contributed by atoms with Gasteiger partial charge >= 0.3 is 0 Å². The van der Waals surface area contributed by atoms with Crippen molar-refractivity contribution in [3.05, 3.63) is 60.7 Å². The lowest BCUT2D eigenvalue weighted by Crippen LogP contribution is -2.68. The maximum Gasteiger partial charge on any atom is 0.261 e. The Hall–Kier alpha value is -1.50. The zero-order valence-electron chi connectivity index (χ0n) is 16.2. The minimum absolute atomic E-state index is 0.0990. The molecule has 27 heavy (non-hydrogen) atoms. The average molecular weight is 385 g/mol. The number of rotatable bonds is 4. The lowest BCUT2D eigenvalue weighted by atomic mass is 10.0. The number of ether oxygens (including phenoxy) is 2. The van der Waals surface area contributed by atoms with Gasteiger partial charge in [0.1, 0.15) is 0 Å². The van der Waals surface area contributed by atoms with Crippen molar-refractivity contribution in [2.45, 2.75) is 44.3 Å². The Kier molecular flexibility index (Phi) is 4.99. The summed E-state index contributed by atoms with van der Waals surface area (Å²) in [4.78, 5) is 0. The van der Waals surface area contributed by atoms with Gasteiger partial charge in [0.2, 0.25) is 0 Å². The molecule has 0 saturated carbocycles. The maximum absolute atomic E-state index is 10.4. The second-order valence-corrected chi connectivity index (χ2v) is 12.8. The molecule has 0 bridgehead atoms. The SMILES string of the molecule is CC(C)(C)[Si](O[C@H]1COC2OC[C@H](O)C21)(c1ccccc1)c1ccccc1. The van der Waals surface area contributed by atoms with E-state index in [0.29, 0.717) is 13.2 Å². The minimum atomic E-state index is -2.65. The topological polar surface area (TPSA) is 47.9 Å². The third-order valence-electron chi connectivity index (χ3n) is 5.79. The molecule has 0 amide bonds. The summed E-state index contributed by atoms with van der Waals surface area (Å²) in [7, 11) is -2.65. The van der Waals surface area contributed by atoms with Crippen LogP contribution in [0.5, 0.6) is 0 Å². The van der Waals surface area contributed by atoms with Crippen LogP contribution in [0.15, 0.2) is 60.7 Å². The molecule has 2 fully saturated rings. The molecule has 4 rings (SSSR count). The van der Waals surface area contributed by atoms with Gasteiger partial charge in [-0.05, 0) is 15.4 Å². The molecule has 2 saturated heterocycles. The summed E-state index contributed by atoms with van der Waals surface area (Å²) in [5.41, 5.74) is 0. The van der Waals surface area contributed by atoms with Crippen molar-refractivity contribution in [1.29, 1.82) is 0 Å². The van der Waals surface area contributed by atoms with Gasteiger partial charge in [0.15, 0.2) is 6.29 Å². The van der Waals surface area contributed by atoms with Crippen molar-refractivity contribution in [2.24, 2.45) is 5.92 Å². The van der Waals surface area contributed by atoms with Crippen molar-refractivity contribution >= 4 is 18.7 Å². The maximum atomic E-state index is 10.4. The van der Waals surface area contributed by atoms with Crippen molar-refractivity contribution in [3.63, 3.8) is 0 Å². The lowest BCUT2D eigenvalue weighted by Gasteiger charge is -2.45. The highest BCUT2D eigenvalue weighted by molar-refractivity contribution is 6.99. The van der Waals surface area contributed by atoms with Crippen molar-refractivity contribution in [3.8, 4) is 0 Å². The van der Waals surface area contributed by atoms with Gasteiger partial charge in [-0.3, -0.25) is 0 Å². The van der Waals surface area contributed by atoms with E-state index in [9.17, 15) is 5.11 Å². The molecular weight excluding hydrogens is 356 g/mol. The van der Waals surface area contributed by atoms with E-state index in [1.807, 2.05) is 12.1 Å². The third-order valence-corrected chi connectivity index (χ3v) is 10.9. The Balaban J connectivity index is 1.83. The number of aliphatic hydroxyl groups is 1. The van der Waals surface area contributed by atoms with Gasteiger partial charge in [-0.2, -0.15) is 0 Å². The first-order valence-electron chi connectivity index (χ1n) is 9.63. The smallest absolute Gasteiger partial charge is 0.261 e. The fourth-order valence-electron chi connectivity index (χ4n) is 4.51. The standard InChI is InChI=1S/C22H28O4Si/c1-22(2,3)27(16-10-6-4-7-11-16,17-12-8-5-9-13-17)26-19-15-25-21-20(19)18(23)14-24-21/h4-13,18-21,23H,14-15H2,1-3H3/t18-,19-,20?,21?/m0/s1. The summed E-state index contributed by atoms with van der Waals surface area (Å²) < 4.78 is 18.5. The van der Waals surface area contributed by atoms with Crippen LogP contribution in [0.1, 0.15) is 20.8 Å². The van der Waals surface area contributed by atoms with Gasteiger partial charge in [0.05, 0.1) is 31.3 Å². The summed E-state index contributed by atoms with van der Waals surface area (Å²) in [5, 5.41) is 12.8. The molecule has 0 aromatic heterocycles. The van der Waals surface area contributed by atoms with Crippen molar-refractivity contribution in [1.82, 2.24) is 0 Å². The van der Waals surface area contributed by atoms with Gasteiger partial charge in [-0.15, -0.1) is 0 Å². The zero-order valence-corrected chi connectivity index (χ0v) is 17.2. The van der Waals surface area contributed by atoms with E-state index in [0.717, 1.165) is 0 Å². The third kappa shape index (κ3) is 3.17. The fourth-order valence-corrected chi connectivity index (χ4v) is 9.21. The highest BCUT2D eigenvalue weighted by Crippen LogP contribution is 2.41. The van der Waals surface area contributed by atoms with E-state index in [-0.39, 0.29) is 23.4 Å². The van der Waals surface area contributed by atoms with Crippen LogP contribution in [0.4, 0.5) is 0 Å². The molecule has 2 aromatic rings. The summed E-state index contributed by atoms with van der Waals surface area (Å²) in [6.07, 6.45) is -1.08. The number of hydrogen-bond donors (Lipinski definition) is 1. The predicted molar refractivity (Wildman–Crippen MR) is 108 cm³/mol. The number of benzene rings is 2. The first kappa shape index (κ1) is 18.8. The molecule has 2 unspecified atom stereocenters. The Morgan fingerprint density at radius 2 is 1.41 bits per heavy atom. The molecular formula is C22H28O4Si. The van der Waals surface area contributed by atoms with E-state index in [1.165, 1.54) is 10.4 Å². The molecule has 2 aliphatic rings. The van der Waals surface area contributed by atoms with Crippen LogP contribution in [0.3, 0.4) is 0 Å². The van der Waals surface area contributed by atoms with E-state index in [4.69, 9.17) is 13.9 Å². The summed E-state index contributed by atoms with van der Waals surface area (Å²) in [6, 6.07) is 21.1. The molecule has 0 radical (unpaired) electrons. The molecule has 1 N–H and O–H groups in total. The second kappa shape index (κ2) is 7.15. The van der Waals surface area contributed by atoms with Crippen LogP contribution >= 0.6 is 0 Å². The van der Waals surface area contributed by atoms with Gasteiger partial charge < -0.3 is 19.0 Å². The molecule has 4 atom stereocenters.